The molecule has 1 saturated carbocycles. The van der Waals surface area contributed by atoms with Crippen LogP contribution in [-0.4, -0.2) is 33.9 Å². The predicted molar refractivity (Wildman–Crippen MR) is 114 cm³/mol. The molecule has 0 aliphatic heterocycles. The fourth-order valence-corrected chi connectivity index (χ4v) is 4.45. The molecule has 0 heterocycles. The van der Waals surface area contributed by atoms with Crippen molar-refractivity contribution in [2.75, 3.05) is 23.7 Å². The summed E-state index contributed by atoms with van der Waals surface area (Å²) < 4.78 is 45.8. The third-order valence-corrected chi connectivity index (χ3v) is 6.38. The molecule has 0 unspecified atom stereocenters. The molecule has 2 amide bonds. The first-order chi connectivity index (χ1) is 14.8. The number of amides is 2. The van der Waals surface area contributed by atoms with Crippen LogP contribution in [0.1, 0.15) is 25.7 Å². The SMILES string of the molecule is COc1ccc(NC(=O)CNC(=O)C2CCCC2)cc1NS(=O)(=O)c1ccc(F)cc1. The highest BCUT2D eigenvalue weighted by Crippen LogP contribution is 2.30. The van der Waals surface area contributed by atoms with Crippen LogP contribution in [0.25, 0.3) is 0 Å². The van der Waals surface area contributed by atoms with Crippen LogP contribution in [-0.2, 0) is 19.6 Å². The van der Waals surface area contributed by atoms with E-state index >= 15 is 0 Å². The number of carbonyl (C=O) groups excluding carboxylic acids is 2. The Morgan fingerprint density at radius 2 is 1.77 bits per heavy atom. The minimum absolute atomic E-state index is 0.0405. The Morgan fingerprint density at radius 1 is 1.10 bits per heavy atom. The Balaban J connectivity index is 1.67. The van der Waals surface area contributed by atoms with E-state index in [-0.39, 0.29) is 34.7 Å². The maximum atomic E-state index is 13.1. The van der Waals surface area contributed by atoms with Crippen molar-refractivity contribution in [3.63, 3.8) is 0 Å². The lowest BCUT2D eigenvalue weighted by molar-refractivity contribution is -0.127. The molecule has 3 rings (SSSR count). The molecule has 0 saturated heterocycles. The van der Waals surface area contributed by atoms with E-state index in [4.69, 9.17) is 4.74 Å². The summed E-state index contributed by atoms with van der Waals surface area (Å²) in [6, 6.07) is 8.81. The summed E-state index contributed by atoms with van der Waals surface area (Å²) in [5.74, 6) is -0.931. The highest BCUT2D eigenvalue weighted by Gasteiger charge is 2.23. The quantitative estimate of drug-likeness (QED) is 0.574. The van der Waals surface area contributed by atoms with Gasteiger partial charge in [0, 0.05) is 11.6 Å². The second-order valence-electron chi connectivity index (χ2n) is 7.22. The first kappa shape index (κ1) is 22.5. The van der Waals surface area contributed by atoms with Gasteiger partial charge in [-0.05, 0) is 55.3 Å². The number of hydrogen-bond acceptors (Lipinski definition) is 5. The number of rotatable bonds is 8. The number of carbonyl (C=O) groups is 2. The zero-order valence-corrected chi connectivity index (χ0v) is 17.8. The van der Waals surface area contributed by atoms with Gasteiger partial charge in [0.05, 0.1) is 24.2 Å². The number of ether oxygens (including phenoxy) is 1. The summed E-state index contributed by atoms with van der Waals surface area (Å²) in [6.07, 6.45) is 3.71. The third-order valence-electron chi connectivity index (χ3n) is 5.00. The van der Waals surface area contributed by atoms with Crippen molar-refractivity contribution in [3.8, 4) is 5.75 Å². The molecule has 2 aromatic carbocycles. The fraction of sp³-hybridized carbons (Fsp3) is 0.333. The number of nitrogens with one attached hydrogen (secondary N) is 3. The van der Waals surface area contributed by atoms with Crippen LogP contribution in [0.4, 0.5) is 15.8 Å². The van der Waals surface area contributed by atoms with Crippen molar-refractivity contribution < 1.29 is 27.1 Å². The van der Waals surface area contributed by atoms with Crippen molar-refractivity contribution in [2.24, 2.45) is 5.92 Å². The molecule has 1 fully saturated rings. The summed E-state index contributed by atoms with van der Waals surface area (Å²) in [5, 5.41) is 5.25. The minimum atomic E-state index is -4.01. The Bertz CT molecular complexity index is 1050. The number of hydrogen-bond donors (Lipinski definition) is 3. The highest BCUT2D eigenvalue weighted by molar-refractivity contribution is 7.92. The molecule has 0 bridgehead atoms. The standard InChI is InChI=1S/C21H24FN3O5S/c1-30-19-11-8-16(24-20(26)13-23-21(27)14-4-2-3-5-14)12-18(19)25-31(28,29)17-9-6-15(22)7-10-17/h6-12,14,25H,2-5,13H2,1H3,(H,23,27)(H,24,26). The maximum absolute atomic E-state index is 13.1. The van der Waals surface area contributed by atoms with E-state index in [0.717, 1.165) is 49.9 Å². The Hall–Kier alpha value is -3.14. The average molecular weight is 450 g/mol. The fourth-order valence-electron chi connectivity index (χ4n) is 3.39. The summed E-state index contributed by atoms with van der Waals surface area (Å²) >= 11 is 0. The molecule has 166 valence electrons. The number of methoxy groups -OCH3 is 1. The molecule has 1 aliphatic carbocycles. The molecule has 3 N–H and O–H groups in total. The topological polar surface area (TPSA) is 114 Å². The Morgan fingerprint density at radius 3 is 2.42 bits per heavy atom. The van der Waals surface area contributed by atoms with Crippen molar-refractivity contribution in [3.05, 3.63) is 48.3 Å². The summed E-state index contributed by atoms with van der Waals surface area (Å²) in [7, 11) is -2.63. The zero-order valence-electron chi connectivity index (χ0n) is 17.0. The summed E-state index contributed by atoms with van der Waals surface area (Å²) in [5.41, 5.74) is 0.414. The van der Waals surface area contributed by atoms with E-state index in [1.165, 1.54) is 19.2 Å². The number of benzene rings is 2. The lowest BCUT2D eigenvalue weighted by Crippen LogP contribution is -2.36. The minimum Gasteiger partial charge on any atom is -0.495 e. The van der Waals surface area contributed by atoms with Crippen LogP contribution in [0.2, 0.25) is 0 Å². The van der Waals surface area contributed by atoms with Crippen LogP contribution < -0.4 is 20.1 Å². The van der Waals surface area contributed by atoms with Gasteiger partial charge in [-0.25, -0.2) is 12.8 Å². The summed E-state index contributed by atoms with van der Waals surface area (Å²) in [6.45, 7) is -0.183. The van der Waals surface area contributed by atoms with Crippen molar-refractivity contribution >= 4 is 33.2 Å². The molecular weight excluding hydrogens is 425 g/mol. The molecule has 0 spiro atoms. The smallest absolute Gasteiger partial charge is 0.262 e. The van der Waals surface area contributed by atoms with Gasteiger partial charge in [-0.2, -0.15) is 0 Å². The molecule has 1 aliphatic rings. The number of halogens is 1. The first-order valence-corrected chi connectivity index (χ1v) is 11.3. The van der Waals surface area contributed by atoms with E-state index in [2.05, 4.69) is 15.4 Å². The second kappa shape index (κ2) is 9.78. The average Bonchev–Trinajstić information content (AvgIpc) is 3.27. The van der Waals surface area contributed by atoms with E-state index in [1.54, 1.807) is 6.07 Å². The van der Waals surface area contributed by atoms with Crippen LogP contribution in [0.15, 0.2) is 47.4 Å². The normalized spacial score (nSPS) is 14.1. The Kier molecular flexibility index (Phi) is 7.11. The number of sulfonamides is 1. The molecule has 8 nitrogen and oxygen atoms in total. The van der Waals surface area contributed by atoms with E-state index in [0.29, 0.717) is 5.69 Å². The van der Waals surface area contributed by atoms with Crippen LogP contribution in [0, 0.1) is 11.7 Å². The monoisotopic (exact) mass is 449 g/mol. The van der Waals surface area contributed by atoms with Gasteiger partial charge in [-0.3, -0.25) is 14.3 Å². The van der Waals surface area contributed by atoms with Gasteiger partial charge in [-0.1, -0.05) is 12.8 Å². The van der Waals surface area contributed by atoms with Crippen molar-refractivity contribution in [2.45, 2.75) is 30.6 Å². The largest absolute Gasteiger partial charge is 0.495 e. The first-order valence-electron chi connectivity index (χ1n) is 9.82. The van der Waals surface area contributed by atoms with Crippen LogP contribution in [0.5, 0.6) is 5.75 Å². The number of anilines is 2. The molecule has 0 aromatic heterocycles. The lowest BCUT2D eigenvalue weighted by atomic mass is 10.1. The van der Waals surface area contributed by atoms with Gasteiger partial charge in [0.25, 0.3) is 10.0 Å². The molecule has 10 heteroatoms. The van der Waals surface area contributed by atoms with Crippen LogP contribution in [0.3, 0.4) is 0 Å². The van der Waals surface area contributed by atoms with Gasteiger partial charge in [0.15, 0.2) is 0 Å². The van der Waals surface area contributed by atoms with Crippen molar-refractivity contribution in [1.82, 2.24) is 5.32 Å². The second-order valence-corrected chi connectivity index (χ2v) is 8.90. The molecule has 0 atom stereocenters. The zero-order chi connectivity index (χ0) is 22.4. The van der Waals surface area contributed by atoms with Crippen LogP contribution >= 0.6 is 0 Å². The van der Waals surface area contributed by atoms with Gasteiger partial charge in [-0.15, -0.1) is 0 Å². The Labute approximate surface area is 180 Å². The van der Waals surface area contributed by atoms with E-state index in [1.807, 2.05) is 0 Å². The van der Waals surface area contributed by atoms with Gasteiger partial charge in [0.1, 0.15) is 11.6 Å². The molecular formula is C21H24FN3O5S. The van der Waals surface area contributed by atoms with Crippen molar-refractivity contribution in [1.29, 1.82) is 0 Å². The molecule has 2 aromatic rings. The van der Waals surface area contributed by atoms with Gasteiger partial charge in [0.2, 0.25) is 11.8 Å². The predicted octanol–water partition coefficient (Wildman–Crippen LogP) is 2.88. The van der Waals surface area contributed by atoms with E-state index in [9.17, 15) is 22.4 Å². The maximum Gasteiger partial charge on any atom is 0.262 e. The van der Waals surface area contributed by atoms with Gasteiger partial charge >= 0.3 is 0 Å². The van der Waals surface area contributed by atoms with E-state index < -0.39 is 21.7 Å². The highest BCUT2D eigenvalue weighted by atomic mass is 32.2. The van der Waals surface area contributed by atoms with Gasteiger partial charge < -0.3 is 15.4 Å². The molecule has 0 radical (unpaired) electrons. The third kappa shape index (κ3) is 5.94. The summed E-state index contributed by atoms with van der Waals surface area (Å²) in [4.78, 5) is 24.1. The lowest BCUT2D eigenvalue weighted by Gasteiger charge is -2.14. The molecule has 31 heavy (non-hydrogen) atoms.